The van der Waals surface area contributed by atoms with E-state index in [4.69, 9.17) is 33.7 Å². The number of benzene rings is 2. The molecule has 1 fully saturated rings. The van der Waals surface area contributed by atoms with E-state index in [1.54, 1.807) is 54.6 Å². The number of fused-ring (bicyclic) bond motifs is 1. The molecule has 5 rings (SSSR count). The van der Waals surface area contributed by atoms with E-state index in [0.29, 0.717) is 5.52 Å². The van der Waals surface area contributed by atoms with Crippen LogP contribution in [0.15, 0.2) is 79.1 Å². The van der Waals surface area contributed by atoms with Gasteiger partial charge in [0.05, 0.1) is 5.69 Å². The van der Waals surface area contributed by atoms with Crippen molar-refractivity contribution in [2.75, 3.05) is 12.3 Å². The molecule has 0 radical (unpaired) electrons. The number of rotatable bonds is 13. The first-order valence-corrected chi connectivity index (χ1v) is 16.5. The summed E-state index contributed by atoms with van der Waals surface area (Å²) >= 11 is 0. The molecule has 4 aromatic rings. The van der Waals surface area contributed by atoms with Gasteiger partial charge in [0.25, 0.3) is 0 Å². The molecule has 49 heavy (non-hydrogen) atoms. The van der Waals surface area contributed by atoms with Crippen molar-refractivity contribution in [1.29, 1.82) is 5.26 Å². The zero-order valence-electron chi connectivity index (χ0n) is 26.6. The third-order valence-corrected chi connectivity index (χ3v) is 8.95. The van der Waals surface area contributed by atoms with Crippen LogP contribution >= 0.6 is 7.75 Å². The van der Waals surface area contributed by atoms with E-state index in [1.165, 1.54) is 29.9 Å². The summed E-state index contributed by atoms with van der Waals surface area (Å²) in [6.07, 6.45) is -3.09. The van der Waals surface area contributed by atoms with Gasteiger partial charge >= 0.3 is 25.7 Å². The molecule has 16 nitrogen and oxygen atoms in total. The van der Waals surface area contributed by atoms with Crippen LogP contribution in [0.4, 0.5) is 5.82 Å². The fourth-order valence-corrected chi connectivity index (χ4v) is 6.65. The Morgan fingerprint density at radius 3 is 2.39 bits per heavy atom. The number of para-hydroxylation sites is 1. The van der Waals surface area contributed by atoms with E-state index in [1.807, 2.05) is 12.1 Å². The lowest BCUT2D eigenvalue weighted by atomic mass is 9.95. The summed E-state index contributed by atoms with van der Waals surface area (Å²) in [5.74, 6) is -2.15. The highest BCUT2D eigenvalue weighted by Crippen LogP contribution is 2.49. The van der Waals surface area contributed by atoms with Gasteiger partial charge in [-0.25, -0.2) is 14.1 Å². The van der Waals surface area contributed by atoms with Crippen molar-refractivity contribution in [3.05, 3.63) is 90.4 Å². The lowest BCUT2D eigenvalue weighted by Gasteiger charge is -2.30. The highest BCUT2D eigenvalue weighted by molar-refractivity contribution is 7.52. The molecule has 0 amide bonds. The monoisotopic (exact) mass is 692 g/mol. The van der Waals surface area contributed by atoms with Crippen LogP contribution in [0, 0.1) is 11.3 Å². The Morgan fingerprint density at radius 1 is 1.06 bits per heavy atom. The zero-order chi connectivity index (χ0) is 35.2. The molecular formula is C32H33N6O10P. The molecule has 6 atom stereocenters. The third-order valence-electron chi connectivity index (χ3n) is 7.33. The lowest BCUT2D eigenvalue weighted by Crippen LogP contribution is -2.49. The summed E-state index contributed by atoms with van der Waals surface area (Å²) in [6, 6.07) is 20.8. The van der Waals surface area contributed by atoms with Gasteiger partial charge in [-0.1, -0.05) is 48.5 Å². The number of anilines is 1. The van der Waals surface area contributed by atoms with Crippen LogP contribution in [-0.2, 0) is 49.0 Å². The molecule has 1 aliphatic heterocycles. The predicted molar refractivity (Wildman–Crippen MR) is 170 cm³/mol. The number of nitrogens with one attached hydrogen (secondary N) is 1. The van der Waals surface area contributed by atoms with Crippen LogP contribution in [-0.4, -0.2) is 63.0 Å². The molecule has 17 heteroatoms. The Kier molecular flexibility index (Phi) is 10.6. The second-order valence-electron chi connectivity index (χ2n) is 11.0. The summed E-state index contributed by atoms with van der Waals surface area (Å²) in [5, 5.41) is 17.4. The molecule has 1 saturated heterocycles. The van der Waals surface area contributed by atoms with E-state index in [9.17, 15) is 24.2 Å². The number of esters is 3. The maximum Gasteiger partial charge on any atom is 0.459 e. The van der Waals surface area contributed by atoms with Gasteiger partial charge in [0.1, 0.15) is 49.0 Å². The fourth-order valence-electron chi connectivity index (χ4n) is 5.13. The number of nitriles is 1. The van der Waals surface area contributed by atoms with Gasteiger partial charge in [-0.3, -0.25) is 18.9 Å². The first-order chi connectivity index (χ1) is 23.4. The van der Waals surface area contributed by atoms with Gasteiger partial charge in [0.2, 0.25) is 5.60 Å². The average Bonchev–Trinajstić information content (AvgIpc) is 3.63. The highest BCUT2D eigenvalue weighted by atomic mass is 31.2. The van der Waals surface area contributed by atoms with E-state index in [-0.39, 0.29) is 23.9 Å². The molecule has 2 aromatic carbocycles. The largest absolute Gasteiger partial charge is 0.460 e. The first-order valence-electron chi connectivity index (χ1n) is 14.9. The average molecular weight is 693 g/mol. The van der Waals surface area contributed by atoms with Crippen LogP contribution < -0.4 is 15.3 Å². The van der Waals surface area contributed by atoms with Crippen molar-refractivity contribution in [2.24, 2.45) is 0 Å². The quantitative estimate of drug-likeness (QED) is 0.117. The number of aromatic nitrogens is 3. The molecule has 0 saturated carbocycles. The van der Waals surface area contributed by atoms with Crippen molar-refractivity contribution in [1.82, 2.24) is 19.7 Å². The molecule has 1 unspecified atom stereocenters. The number of nitrogens with two attached hydrogens (primary N) is 1. The van der Waals surface area contributed by atoms with Crippen molar-refractivity contribution in [2.45, 2.75) is 57.3 Å². The number of hydrogen-bond donors (Lipinski definition) is 2. The Bertz CT molecular complexity index is 1900. The molecule has 3 heterocycles. The first kappa shape index (κ1) is 35.0. The molecule has 2 aromatic heterocycles. The number of carbonyl (C=O) groups is 3. The minimum absolute atomic E-state index is 0.0459. The predicted octanol–water partition coefficient (Wildman–Crippen LogP) is 3.43. The van der Waals surface area contributed by atoms with E-state index in [2.05, 4.69) is 15.2 Å². The van der Waals surface area contributed by atoms with Crippen LogP contribution in [0.3, 0.4) is 0 Å². The maximum atomic E-state index is 14.3. The molecule has 0 aliphatic carbocycles. The van der Waals surface area contributed by atoms with Gasteiger partial charge < -0.3 is 29.2 Å². The van der Waals surface area contributed by atoms with E-state index >= 15 is 0 Å². The molecule has 0 spiro atoms. The summed E-state index contributed by atoms with van der Waals surface area (Å²) in [4.78, 5) is 41.6. The van der Waals surface area contributed by atoms with Crippen LogP contribution in [0.1, 0.15) is 38.1 Å². The minimum atomic E-state index is -4.56. The fraction of sp³-hybridized carbons (Fsp3) is 0.312. The van der Waals surface area contributed by atoms with Crippen molar-refractivity contribution in [3.63, 3.8) is 0 Å². The minimum Gasteiger partial charge on any atom is -0.460 e. The number of carbonyl (C=O) groups excluding carboxylic acids is 3. The van der Waals surface area contributed by atoms with Crippen LogP contribution in [0.25, 0.3) is 5.52 Å². The lowest BCUT2D eigenvalue weighted by molar-refractivity contribution is -0.166. The molecule has 1 aliphatic rings. The number of nitrogen functional groups attached to an aromatic ring is 1. The van der Waals surface area contributed by atoms with Crippen LogP contribution in [0.5, 0.6) is 5.75 Å². The zero-order valence-corrected chi connectivity index (χ0v) is 27.5. The summed E-state index contributed by atoms with van der Waals surface area (Å²) in [5.41, 5.74) is 5.14. The van der Waals surface area contributed by atoms with Crippen molar-refractivity contribution in [3.8, 4) is 11.8 Å². The van der Waals surface area contributed by atoms with Gasteiger partial charge in [0, 0.05) is 13.8 Å². The Morgan fingerprint density at radius 2 is 1.73 bits per heavy atom. The van der Waals surface area contributed by atoms with E-state index < -0.39 is 62.2 Å². The van der Waals surface area contributed by atoms with Crippen molar-refractivity contribution < 1.29 is 46.9 Å². The number of hydrogen-bond acceptors (Lipinski definition) is 14. The standard InChI is InChI=1S/C32H33N6O10P/c1-20(31(41)43-16-23-10-6-4-7-11-23)37-49(42,48-24-12-8-5-9-13-24)44-18-32(17-33)29(46-22(3)40)28(45-21(2)39)27(47-32)25-14-15-26-30(34)35-19-36-38(25)26/h4-15,19-20,27-29H,16,18H2,1-3H3,(H,37,42)(H2,34,35,36)/t20-,27-,28-,29-,32+,49?/m0/s1. The summed E-state index contributed by atoms with van der Waals surface area (Å²) in [7, 11) is -4.56. The van der Waals surface area contributed by atoms with Gasteiger partial charge in [-0.15, -0.1) is 0 Å². The third kappa shape index (κ3) is 8.04. The summed E-state index contributed by atoms with van der Waals surface area (Å²) in [6.45, 7) is 2.71. The second-order valence-corrected chi connectivity index (χ2v) is 12.7. The van der Waals surface area contributed by atoms with Crippen LogP contribution in [0.2, 0.25) is 0 Å². The maximum absolute atomic E-state index is 14.3. The Hall–Kier alpha value is -5.33. The topological polar surface area (TPSA) is 216 Å². The Balaban J connectivity index is 1.46. The number of ether oxygens (including phenoxy) is 4. The molecule has 3 N–H and O–H groups in total. The van der Waals surface area contributed by atoms with Gasteiger partial charge in [0.15, 0.2) is 18.0 Å². The van der Waals surface area contributed by atoms with Gasteiger partial charge in [-0.2, -0.15) is 15.4 Å². The molecule has 0 bridgehead atoms. The van der Waals surface area contributed by atoms with Gasteiger partial charge in [-0.05, 0) is 36.8 Å². The highest BCUT2D eigenvalue weighted by Gasteiger charge is 2.62. The molecular weight excluding hydrogens is 659 g/mol. The SMILES string of the molecule is CC(=O)O[C@H]1[C@H](c2ccc3c(N)ncnn23)O[C@](C#N)(COP(=O)(N[C@@H](C)C(=O)OCc2ccccc2)Oc2ccccc2)[C@H]1OC(C)=O. The Labute approximate surface area is 280 Å². The molecule has 256 valence electrons. The smallest absolute Gasteiger partial charge is 0.459 e. The van der Waals surface area contributed by atoms with E-state index in [0.717, 1.165) is 19.4 Å². The van der Waals surface area contributed by atoms with Crippen molar-refractivity contribution >= 4 is 37.0 Å². The second kappa shape index (κ2) is 14.8. The summed E-state index contributed by atoms with van der Waals surface area (Å²) < 4.78 is 50.0. The number of nitrogens with zero attached hydrogens (tertiary/aromatic N) is 4. The normalized spacial score (nSPS) is 22.0.